The molecule has 0 aliphatic heterocycles. The van der Waals surface area contributed by atoms with Crippen LogP contribution in [0.3, 0.4) is 0 Å². The Kier molecular flexibility index (Phi) is 6.71. The van der Waals surface area contributed by atoms with Crippen LogP contribution >= 0.6 is 0 Å². The van der Waals surface area contributed by atoms with Gasteiger partial charge >= 0.3 is 5.97 Å². The van der Waals surface area contributed by atoms with Crippen molar-refractivity contribution in [2.75, 3.05) is 18.5 Å². The highest BCUT2D eigenvalue weighted by molar-refractivity contribution is 5.95. The van der Waals surface area contributed by atoms with E-state index in [1.54, 1.807) is 36.4 Å². The number of benzene rings is 2. The first-order chi connectivity index (χ1) is 12.1. The van der Waals surface area contributed by atoms with Crippen LogP contribution in [-0.2, 0) is 14.3 Å². The summed E-state index contributed by atoms with van der Waals surface area (Å²) in [6.07, 6.45) is 2.36. The summed E-state index contributed by atoms with van der Waals surface area (Å²) >= 11 is 0. The lowest BCUT2D eigenvalue weighted by Crippen LogP contribution is -2.20. The Labute approximate surface area is 145 Å². The molecule has 0 unspecified atom stereocenters. The first-order valence-corrected chi connectivity index (χ1v) is 7.71. The Morgan fingerprint density at radius 2 is 1.84 bits per heavy atom. The van der Waals surface area contributed by atoms with E-state index in [0.29, 0.717) is 18.0 Å². The Bertz CT molecular complexity index is 774. The van der Waals surface area contributed by atoms with E-state index in [9.17, 15) is 14.0 Å². The maximum absolute atomic E-state index is 13.4. The molecule has 6 heteroatoms. The third kappa shape index (κ3) is 5.76. The van der Waals surface area contributed by atoms with Crippen LogP contribution in [0.1, 0.15) is 12.5 Å². The molecule has 130 valence electrons. The van der Waals surface area contributed by atoms with Gasteiger partial charge in [0.25, 0.3) is 5.91 Å². The molecule has 1 amide bonds. The van der Waals surface area contributed by atoms with Crippen molar-refractivity contribution in [1.29, 1.82) is 0 Å². The summed E-state index contributed by atoms with van der Waals surface area (Å²) in [4.78, 5) is 23.5. The largest absolute Gasteiger partial charge is 0.492 e. The van der Waals surface area contributed by atoms with Gasteiger partial charge in [-0.1, -0.05) is 30.3 Å². The average Bonchev–Trinajstić information content (AvgIpc) is 2.61. The number of ether oxygens (including phenoxy) is 2. The van der Waals surface area contributed by atoms with Crippen molar-refractivity contribution in [1.82, 2.24) is 0 Å². The average molecular weight is 343 g/mol. The SMILES string of the molecule is CCOc1ccccc1NC(=O)COC(=O)/C=C/c1ccccc1F. The quantitative estimate of drug-likeness (QED) is 0.618. The highest BCUT2D eigenvalue weighted by atomic mass is 19.1. The molecular formula is C19H18FNO4. The Morgan fingerprint density at radius 3 is 2.60 bits per heavy atom. The van der Waals surface area contributed by atoms with Crippen LogP contribution < -0.4 is 10.1 Å². The Hall–Kier alpha value is -3.15. The summed E-state index contributed by atoms with van der Waals surface area (Å²) in [6.45, 7) is 1.84. The van der Waals surface area contributed by atoms with Gasteiger partial charge in [-0.05, 0) is 31.2 Å². The van der Waals surface area contributed by atoms with Crippen LogP contribution in [0.5, 0.6) is 5.75 Å². The topological polar surface area (TPSA) is 64.6 Å². The molecule has 0 spiro atoms. The summed E-state index contributed by atoms with van der Waals surface area (Å²) in [7, 11) is 0. The molecule has 0 aliphatic carbocycles. The third-order valence-corrected chi connectivity index (χ3v) is 3.11. The van der Waals surface area contributed by atoms with E-state index >= 15 is 0 Å². The van der Waals surface area contributed by atoms with Gasteiger partial charge < -0.3 is 14.8 Å². The minimum atomic E-state index is -0.739. The molecule has 2 rings (SSSR count). The van der Waals surface area contributed by atoms with Crippen molar-refractivity contribution in [2.24, 2.45) is 0 Å². The van der Waals surface area contributed by atoms with E-state index in [1.165, 1.54) is 18.2 Å². The van der Waals surface area contributed by atoms with Crippen LogP contribution in [0.15, 0.2) is 54.6 Å². The monoisotopic (exact) mass is 343 g/mol. The van der Waals surface area contributed by atoms with Crippen molar-refractivity contribution in [3.8, 4) is 5.75 Å². The van der Waals surface area contributed by atoms with Crippen LogP contribution in [0.2, 0.25) is 0 Å². The minimum Gasteiger partial charge on any atom is -0.492 e. The number of amides is 1. The van der Waals surface area contributed by atoms with E-state index in [0.717, 1.165) is 6.08 Å². The Morgan fingerprint density at radius 1 is 1.12 bits per heavy atom. The fourth-order valence-corrected chi connectivity index (χ4v) is 1.99. The lowest BCUT2D eigenvalue weighted by molar-refractivity contribution is -0.142. The van der Waals surface area contributed by atoms with Crippen molar-refractivity contribution in [3.05, 3.63) is 66.0 Å². The summed E-state index contributed by atoms with van der Waals surface area (Å²) in [6, 6.07) is 13.0. The molecule has 0 radical (unpaired) electrons. The summed E-state index contributed by atoms with van der Waals surface area (Å²) in [5.41, 5.74) is 0.752. The fourth-order valence-electron chi connectivity index (χ4n) is 1.99. The van der Waals surface area contributed by atoms with Gasteiger partial charge in [0.15, 0.2) is 6.61 Å². The first kappa shape index (κ1) is 18.2. The third-order valence-electron chi connectivity index (χ3n) is 3.11. The number of halogens is 1. The molecule has 1 N–H and O–H groups in total. The van der Waals surface area contributed by atoms with E-state index in [-0.39, 0.29) is 5.56 Å². The van der Waals surface area contributed by atoms with E-state index in [4.69, 9.17) is 9.47 Å². The molecule has 2 aromatic carbocycles. The smallest absolute Gasteiger partial charge is 0.331 e. The predicted molar refractivity (Wildman–Crippen MR) is 92.6 cm³/mol. The molecule has 0 fully saturated rings. The molecule has 0 aromatic heterocycles. The van der Waals surface area contributed by atoms with Crippen molar-refractivity contribution in [3.63, 3.8) is 0 Å². The van der Waals surface area contributed by atoms with Gasteiger partial charge in [-0.15, -0.1) is 0 Å². The molecule has 0 saturated heterocycles. The van der Waals surface area contributed by atoms with Crippen LogP contribution in [-0.4, -0.2) is 25.1 Å². The van der Waals surface area contributed by atoms with Gasteiger partial charge in [-0.2, -0.15) is 0 Å². The second kappa shape index (κ2) is 9.22. The van der Waals surface area contributed by atoms with Crippen LogP contribution in [0.4, 0.5) is 10.1 Å². The number of carbonyl (C=O) groups is 2. The zero-order chi connectivity index (χ0) is 18.1. The van der Waals surface area contributed by atoms with Crippen molar-refractivity contribution >= 4 is 23.6 Å². The van der Waals surface area contributed by atoms with Gasteiger partial charge in [0, 0.05) is 11.6 Å². The van der Waals surface area contributed by atoms with Gasteiger partial charge in [0.05, 0.1) is 12.3 Å². The summed E-state index contributed by atoms with van der Waals surface area (Å²) in [5, 5.41) is 2.61. The number of anilines is 1. The summed E-state index contributed by atoms with van der Waals surface area (Å²) in [5.74, 6) is -1.16. The lowest BCUT2D eigenvalue weighted by atomic mass is 10.2. The zero-order valence-electron chi connectivity index (χ0n) is 13.7. The number of para-hydroxylation sites is 2. The van der Waals surface area contributed by atoms with E-state index in [1.807, 2.05) is 6.92 Å². The highest BCUT2D eigenvalue weighted by Gasteiger charge is 2.09. The van der Waals surface area contributed by atoms with Gasteiger partial charge in [0.2, 0.25) is 0 Å². The molecular weight excluding hydrogens is 325 g/mol. The minimum absolute atomic E-state index is 0.259. The molecule has 5 nitrogen and oxygen atoms in total. The Balaban J connectivity index is 1.86. The fraction of sp³-hybridized carbons (Fsp3) is 0.158. The number of nitrogens with one attached hydrogen (secondary N) is 1. The second-order valence-electron chi connectivity index (χ2n) is 4.94. The second-order valence-corrected chi connectivity index (χ2v) is 4.94. The number of hydrogen-bond acceptors (Lipinski definition) is 4. The summed E-state index contributed by atoms with van der Waals surface area (Å²) < 4.78 is 23.6. The highest BCUT2D eigenvalue weighted by Crippen LogP contribution is 2.23. The molecule has 0 aliphatic rings. The maximum Gasteiger partial charge on any atom is 0.331 e. The van der Waals surface area contributed by atoms with Gasteiger partial charge in [-0.3, -0.25) is 4.79 Å². The van der Waals surface area contributed by atoms with Crippen LogP contribution in [0, 0.1) is 5.82 Å². The van der Waals surface area contributed by atoms with Gasteiger partial charge in [0.1, 0.15) is 11.6 Å². The lowest BCUT2D eigenvalue weighted by Gasteiger charge is -2.11. The molecule has 0 saturated carbocycles. The number of esters is 1. The van der Waals surface area contributed by atoms with E-state index in [2.05, 4.69) is 5.32 Å². The van der Waals surface area contributed by atoms with Crippen LogP contribution in [0.25, 0.3) is 6.08 Å². The van der Waals surface area contributed by atoms with Crippen molar-refractivity contribution in [2.45, 2.75) is 6.92 Å². The normalized spacial score (nSPS) is 10.5. The number of hydrogen-bond donors (Lipinski definition) is 1. The molecule has 0 atom stereocenters. The van der Waals surface area contributed by atoms with Crippen molar-refractivity contribution < 1.29 is 23.5 Å². The first-order valence-electron chi connectivity index (χ1n) is 7.71. The zero-order valence-corrected chi connectivity index (χ0v) is 13.7. The maximum atomic E-state index is 13.4. The molecule has 2 aromatic rings. The predicted octanol–water partition coefficient (Wildman–Crippen LogP) is 3.42. The number of rotatable bonds is 7. The molecule has 0 bridgehead atoms. The van der Waals surface area contributed by atoms with E-state index < -0.39 is 24.3 Å². The standard InChI is InChI=1S/C19H18FNO4/c1-2-24-17-10-6-5-9-16(17)21-18(22)13-25-19(23)12-11-14-7-3-4-8-15(14)20/h3-12H,2,13H2,1H3,(H,21,22)/b12-11+. The molecule has 25 heavy (non-hydrogen) atoms. The van der Waals surface area contributed by atoms with Gasteiger partial charge in [-0.25, -0.2) is 9.18 Å². The molecule has 0 heterocycles. The number of carbonyl (C=O) groups excluding carboxylic acids is 2.